The van der Waals surface area contributed by atoms with Crippen LogP contribution in [0.25, 0.3) is 0 Å². The van der Waals surface area contributed by atoms with Crippen molar-refractivity contribution in [1.82, 2.24) is 10.6 Å². The zero-order chi connectivity index (χ0) is 5.11. The van der Waals surface area contributed by atoms with Crippen LogP contribution in [0.2, 0.25) is 0 Å². The Labute approximate surface area is 44.3 Å². The summed E-state index contributed by atoms with van der Waals surface area (Å²) in [6.45, 7) is 2.09. The minimum Gasteiger partial charge on any atom is -0.316 e. The minimum atomic E-state index is 0.681. The predicted molar refractivity (Wildman–Crippen MR) is 29.3 cm³/mol. The SMILES string of the molecule is CNC1CC[N]C1. The molecule has 0 aromatic rings. The molecule has 1 unspecified atom stereocenters. The second-order valence-electron chi connectivity index (χ2n) is 1.90. The van der Waals surface area contributed by atoms with Crippen LogP contribution in [0.3, 0.4) is 0 Å². The first-order valence-corrected chi connectivity index (χ1v) is 2.74. The predicted octanol–water partition coefficient (Wildman–Crippen LogP) is -0.417. The van der Waals surface area contributed by atoms with Crippen LogP contribution in [0.15, 0.2) is 0 Å². The first kappa shape index (κ1) is 5.06. The molecule has 2 heteroatoms. The van der Waals surface area contributed by atoms with E-state index in [-0.39, 0.29) is 0 Å². The van der Waals surface area contributed by atoms with Crippen molar-refractivity contribution in [1.29, 1.82) is 0 Å². The van der Waals surface area contributed by atoms with Crippen molar-refractivity contribution in [2.24, 2.45) is 0 Å². The highest BCUT2D eigenvalue weighted by Crippen LogP contribution is 1.95. The standard InChI is InChI=1S/C5H11N2/c1-6-5-2-3-7-4-5/h5-6H,2-4H2,1H3. The third kappa shape index (κ3) is 1.14. The molecule has 1 aliphatic heterocycles. The second kappa shape index (κ2) is 2.28. The lowest BCUT2D eigenvalue weighted by atomic mass is 10.3. The van der Waals surface area contributed by atoms with E-state index in [1.54, 1.807) is 0 Å². The van der Waals surface area contributed by atoms with Crippen LogP contribution in [0.1, 0.15) is 6.42 Å². The topological polar surface area (TPSA) is 26.1 Å². The van der Waals surface area contributed by atoms with Gasteiger partial charge in [-0.05, 0) is 13.5 Å². The molecule has 1 saturated heterocycles. The zero-order valence-electron chi connectivity index (χ0n) is 4.65. The molecule has 41 valence electrons. The monoisotopic (exact) mass is 99.1 g/mol. The van der Waals surface area contributed by atoms with Crippen molar-refractivity contribution in [2.75, 3.05) is 20.1 Å². The van der Waals surface area contributed by atoms with Gasteiger partial charge in [-0.3, -0.25) is 0 Å². The number of hydrogen-bond donors (Lipinski definition) is 1. The highest BCUT2D eigenvalue weighted by Gasteiger charge is 2.11. The molecule has 0 aromatic heterocycles. The van der Waals surface area contributed by atoms with Crippen LogP contribution >= 0.6 is 0 Å². The maximum atomic E-state index is 4.17. The summed E-state index contributed by atoms with van der Waals surface area (Å²) in [4.78, 5) is 0. The molecule has 7 heavy (non-hydrogen) atoms. The second-order valence-corrected chi connectivity index (χ2v) is 1.90. The van der Waals surface area contributed by atoms with E-state index in [1.165, 1.54) is 6.42 Å². The summed E-state index contributed by atoms with van der Waals surface area (Å²) in [5.74, 6) is 0. The summed E-state index contributed by atoms with van der Waals surface area (Å²) in [7, 11) is 1.99. The lowest BCUT2D eigenvalue weighted by Gasteiger charge is -2.01. The first-order valence-electron chi connectivity index (χ1n) is 2.74. The zero-order valence-corrected chi connectivity index (χ0v) is 4.65. The Balaban J connectivity index is 2.14. The van der Waals surface area contributed by atoms with E-state index in [1.807, 2.05) is 7.05 Å². The summed E-state index contributed by atoms with van der Waals surface area (Å²) in [6.07, 6.45) is 1.23. The van der Waals surface area contributed by atoms with Gasteiger partial charge in [-0.2, -0.15) is 0 Å². The molecule has 1 aliphatic rings. The summed E-state index contributed by atoms with van der Waals surface area (Å²) in [5, 5.41) is 7.34. The molecular formula is C5H11N2. The fourth-order valence-corrected chi connectivity index (χ4v) is 0.821. The molecule has 1 atom stereocenters. The van der Waals surface area contributed by atoms with Gasteiger partial charge in [0.15, 0.2) is 0 Å². The molecule has 1 N–H and O–H groups in total. The van der Waals surface area contributed by atoms with E-state index in [0.29, 0.717) is 6.04 Å². The van der Waals surface area contributed by atoms with Crippen LogP contribution in [0.5, 0.6) is 0 Å². The van der Waals surface area contributed by atoms with E-state index in [0.717, 1.165) is 13.1 Å². The Hall–Kier alpha value is -0.0800. The van der Waals surface area contributed by atoms with Gasteiger partial charge in [0.05, 0.1) is 0 Å². The van der Waals surface area contributed by atoms with Crippen molar-refractivity contribution in [3.05, 3.63) is 0 Å². The van der Waals surface area contributed by atoms with Crippen LogP contribution in [0, 0.1) is 0 Å². The van der Waals surface area contributed by atoms with Gasteiger partial charge >= 0.3 is 0 Å². The van der Waals surface area contributed by atoms with Crippen molar-refractivity contribution in [3.63, 3.8) is 0 Å². The van der Waals surface area contributed by atoms with Gasteiger partial charge in [0.25, 0.3) is 0 Å². The van der Waals surface area contributed by atoms with E-state index < -0.39 is 0 Å². The molecule has 0 spiro atoms. The van der Waals surface area contributed by atoms with Gasteiger partial charge in [0.2, 0.25) is 0 Å². The van der Waals surface area contributed by atoms with Crippen LogP contribution in [-0.2, 0) is 0 Å². The number of hydrogen-bond acceptors (Lipinski definition) is 1. The molecular weight excluding hydrogens is 88.1 g/mol. The maximum absolute atomic E-state index is 4.17. The number of rotatable bonds is 1. The lowest BCUT2D eigenvalue weighted by Crippen LogP contribution is -2.25. The summed E-state index contributed by atoms with van der Waals surface area (Å²) in [5.41, 5.74) is 0. The van der Waals surface area contributed by atoms with Crippen molar-refractivity contribution in [3.8, 4) is 0 Å². The lowest BCUT2D eigenvalue weighted by molar-refractivity contribution is 0.610. The summed E-state index contributed by atoms with van der Waals surface area (Å²) >= 11 is 0. The van der Waals surface area contributed by atoms with E-state index in [4.69, 9.17) is 0 Å². The fourth-order valence-electron chi connectivity index (χ4n) is 0.821. The van der Waals surface area contributed by atoms with E-state index >= 15 is 0 Å². The Morgan fingerprint density at radius 2 is 2.57 bits per heavy atom. The average Bonchev–Trinajstić information content (AvgIpc) is 2.14. The van der Waals surface area contributed by atoms with Crippen LogP contribution < -0.4 is 10.6 Å². The van der Waals surface area contributed by atoms with Gasteiger partial charge in [-0.1, -0.05) is 0 Å². The molecule has 0 aromatic carbocycles. The molecule has 0 aliphatic carbocycles. The highest BCUT2D eigenvalue weighted by molar-refractivity contribution is 4.74. The summed E-state index contributed by atoms with van der Waals surface area (Å²) < 4.78 is 0. The number of nitrogens with zero attached hydrogens (tertiary/aromatic N) is 1. The van der Waals surface area contributed by atoms with E-state index in [9.17, 15) is 0 Å². The Morgan fingerprint density at radius 3 is 2.86 bits per heavy atom. The van der Waals surface area contributed by atoms with E-state index in [2.05, 4.69) is 10.6 Å². The Morgan fingerprint density at radius 1 is 1.71 bits per heavy atom. The van der Waals surface area contributed by atoms with Gasteiger partial charge < -0.3 is 5.32 Å². The van der Waals surface area contributed by atoms with Gasteiger partial charge in [0.1, 0.15) is 0 Å². The molecule has 2 nitrogen and oxygen atoms in total. The fraction of sp³-hybridized carbons (Fsp3) is 1.00. The van der Waals surface area contributed by atoms with Crippen molar-refractivity contribution < 1.29 is 0 Å². The third-order valence-electron chi connectivity index (χ3n) is 1.39. The third-order valence-corrected chi connectivity index (χ3v) is 1.39. The molecule has 0 saturated carbocycles. The largest absolute Gasteiger partial charge is 0.316 e. The molecule has 0 amide bonds. The quantitative estimate of drug-likeness (QED) is 0.475. The minimum absolute atomic E-state index is 0.681. The Bertz CT molecular complexity index is 48.0. The molecule has 1 heterocycles. The highest BCUT2D eigenvalue weighted by atomic mass is 15.0. The smallest absolute Gasteiger partial charge is 0.0287 e. The van der Waals surface area contributed by atoms with Crippen molar-refractivity contribution >= 4 is 0 Å². The van der Waals surface area contributed by atoms with Crippen molar-refractivity contribution in [2.45, 2.75) is 12.5 Å². The van der Waals surface area contributed by atoms with Gasteiger partial charge in [-0.25, -0.2) is 5.32 Å². The number of nitrogens with one attached hydrogen (secondary N) is 1. The molecule has 1 rings (SSSR count). The van der Waals surface area contributed by atoms with Gasteiger partial charge in [0, 0.05) is 19.1 Å². The van der Waals surface area contributed by atoms with Crippen LogP contribution in [0.4, 0.5) is 0 Å². The first-order chi connectivity index (χ1) is 3.43. The normalized spacial score (nSPS) is 31.3. The molecule has 0 bridgehead atoms. The molecule has 1 fully saturated rings. The number of likely N-dealkylation sites (N-methyl/N-ethyl adjacent to an activating group) is 1. The maximum Gasteiger partial charge on any atom is 0.0287 e. The van der Waals surface area contributed by atoms with Crippen LogP contribution in [-0.4, -0.2) is 26.2 Å². The summed E-state index contributed by atoms with van der Waals surface area (Å²) in [6, 6.07) is 0.681. The molecule has 1 radical (unpaired) electrons. The van der Waals surface area contributed by atoms with Gasteiger partial charge in [-0.15, -0.1) is 0 Å². The Kier molecular flexibility index (Phi) is 1.65. The average molecular weight is 99.2 g/mol.